The highest BCUT2D eigenvalue weighted by Crippen LogP contribution is 2.21. The van der Waals surface area contributed by atoms with E-state index in [1.165, 1.54) is 11.1 Å². The highest BCUT2D eigenvalue weighted by atomic mass is 14.8. The minimum Gasteiger partial charge on any atom is -0.330 e. The molecular formula is C14H24N2. The summed E-state index contributed by atoms with van der Waals surface area (Å²) in [6.45, 7) is 9.41. The Hall–Kier alpha value is -0.860. The molecule has 0 unspecified atom stereocenters. The van der Waals surface area contributed by atoms with Crippen molar-refractivity contribution in [2.75, 3.05) is 13.1 Å². The minimum absolute atomic E-state index is 0.242. The van der Waals surface area contributed by atoms with E-state index in [1.807, 2.05) is 0 Å². The molecule has 0 amide bonds. The number of hydrogen-bond acceptors (Lipinski definition) is 2. The molecule has 0 saturated heterocycles. The molecule has 90 valence electrons. The van der Waals surface area contributed by atoms with Gasteiger partial charge in [-0.15, -0.1) is 0 Å². The van der Waals surface area contributed by atoms with E-state index in [-0.39, 0.29) is 5.41 Å². The van der Waals surface area contributed by atoms with E-state index in [1.54, 1.807) is 0 Å². The molecule has 0 aliphatic rings. The Labute approximate surface area is 99.2 Å². The van der Waals surface area contributed by atoms with Crippen LogP contribution in [0.4, 0.5) is 0 Å². The Morgan fingerprint density at radius 3 is 2.25 bits per heavy atom. The van der Waals surface area contributed by atoms with E-state index in [0.29, 0.717) is 0 Å². The zero-order valence-electron chi connectivity index (χ0n) is 10.7. The SMILES string of the molecule is CC(C)(C)c1ccc(CNCCCN)cc1. The average Bonchev–Trinajstić information content (AvgIpc) is 2.24. The monoisotopic (exact) mass is 220 g/mol. The summed E-state index contributed by atoms with van der Waals surface area (Å²) in [6.07, 6.45) is 1.04. The summed E-state index contributed by atoms with van der Waals surface area (Å²) in [4.78, 5) is 0. The molecule has 0 radical (unpaired) electrons. The number of benzene rings is 1. The Bertz CT molecular complexity index is 296. The molecule has 2 nitrogen and oxygen atoms in total. The lowest BCUT2D eigenvalue weighted by atomic mass is 9.87. The van der Waals surface area contributed by atoms with Gasteiger partial charge in [0.15, 0.2) is 0 Å². The predicted octanol–water partition coefficient (Wildman–Crippen LogP) is 2.42. The average molecular weight is 220 g/mol. The summed E-state index contributed by atoms with van der Waals surface area (Å²) in [5.41, 5.74) is 8.40. The number of nitrogens with two attached hydrogens (primary N) is 1. The molecule has 0 heterocycles. The molecule has 0 atom stereocenters. The van der Waals surface area contributed by atoms with Crippen LogP contribution in [0.15, 0.2) is 24.3 Å². The first kappa shape index (κ1) is 13.2. The first-order valence-corrected chi connectivity index (χ1v) is 6.04. The van der Waals surface area contributed by atoms with Crippen molar-refractivity contribution in [2.45, 2.75) is 39.2 Å². The molecule has 1 aromatic carbocycles. The van der Waals surface area contributed by atoms with Crippen molar-refractivity contribution in [3.05, 3.63) is 35.4 Å². The quantitative estimate of drug-likeness (QED) is 0.748. The standard InChI is InChI=1S/C14H24N2/c1-14(2,3)13-7-5-12(6-8-13)11-16-10-4-9-15/h5-8,16H,4,9-11,15H2,1-3H3. The van der Waals surface area contributed by atoms with E-state index in [2.05, 4.69) is 50.4 Å². The Kier molecular flexibility index (Phi) is 4.97. The first-order chi connectivity index (χ1) is 7.54. The first-order valence-electron chi connectivity index (χ1n) is 6.04. The molecule has 2 heteroatoms. The van der Waals surface area contributed by atoms with Gasteiger partial charge in [-0.05, 0) is 36.1 Å². The van der Waals surface area contributed by atoms with Crippen LogP contribution in [0.3, 0.4) is 0 Å². The summed E-state index contributed by atoms with van der Waals surface area (Å²) in [5.74, 6) is 0. The third kappa shape index (κ3) is 4.33. The van der Waals surface area contributed by atoms with Crippen LogP contribution in [-0.4, -0.2) is 13.1 Å². The summed E-state index contributed by atoms with van der Waals surface area (Å²) >= 11 is 0. The van der Waals surface area contributed by atoms with Crippen molar-refractivity contribution < 1.29 is 0 Å². The Morgan fingerprint density at radius 2 is 1.75 bits per heavy atom. The molecular weight excluding hydrogens is 196 g/mol. The molecule has 16 heavy (non-hydrogen) atoms. The minimum atomic E-state index is 0.242. The molecule has 3 N–H and O–H groups in total. The molecule has 0 aliphatic heterocycles. The zero-order valence-corrected chi connectivity index (χ0v) is 10.7. The second kappa shape index (κ2) is 6.02. The molecule has 0 spiro atoms. The van der Waals surface area contributed by atoms with Gasteiger partial charge in [0.05, 0.1) is 0 Å². The maximum Gasteiger partial charge on any atom is 0.0205 e. The summed E-state index contributed by atoms with van der Waals surface area (Å²) in [7, 11) is 0. The van der Waals surface area contributed by atoms with Gasteiger partial charge < -0.3 is 11.1 Å². The molecule has 1 rings (SSSR count). The van der Waals surface area contributed by atoms with Crippen LogP contribution < -0.4 is 11.1 Å². The second-order valence-electron chi connectivity index (χ2n) is 5.27. The predicted molar refractivity (Wildman–Crippen MR) is 70.5 cm³/mol. The normalized spacial score (nSPS) is 11.8. The van der Waals surface area contributed by atoms with Crippen LogP contribution in [0.5, 0.6) is 0 Å². The lowest BCUT2D eigenvalue weighted by molar-refractivity contribution is 0.589. The lowest BCUT2D eigenvalue weighted by Crippen LogP contribution is -2.18. The van der Waals surface area contributed by atoms with E-state index < -0.39 is 0 Å². The van der Waals surface area contributed by atoms with Gasteiger partial charge in [-0.25, -0.2) is 0 Å². The molecule has 0 fully saturated rings. The van der Waals surface area contributed by atoms with Gasteiger partial charge in [0.1, 0.15) is 0 Å². The lowest BCUT2D eigenvalue weighted by Gasteiger charge is -2.19. The van der Waals surface area contributed by atoms with E-state index >= 15 is 0 Å². The van der Waals surface area contributed by atoms with Crippen molar-refractivity contribution in [1.82, 2.24) is 5.32 Å². The summed E-state index contributed by atoms with van der Waals surface area (Å²) in [6, 6.07) is 8.85. The van der Waals surface area contributed by atoms with Crippen LogP contribution in [0.25, 0.3) is 0 Å². The topological polar surface area (TPSA) is 38.0 Å². The van der Waals surface area contributed by atoms with E-state index in [9.17, 15) is 0 Å². The van der Waals surface area contributed by atoms with Crippen LogP contribution in [0.2, 0.25) is 0 Å². The van der Waals surface area contributed by atoms with Gasteiger partial charge >= 0.3 is 0 Å². The van der Waals surface area contributed by atoms with Gasteiger partial charge in [0.25, 0.3) is 0 Å². The number of rotatable bonds is 5. The van der Waals surface area contributed by atoms with Gasteiger partial charge in [-0.1, -0.05) is 45.0 Å². The van der Waals surface area contributed by atoms with Crippen LogP contribution in [-0.2, 0) is 12.0 Å². The number of hydrogen-bond donors (Lipinski definition) is 2. The van der Waals surface area contributed by atoms with Crippen LogP contribution in [0, 0.1) is 0 Å². The maximum absolute atomic E-state index is 5.44. The molecule has 1 aromatic rings. The fraction of sp³-hybridized carbons (Fsp3) is 0.571. The summed E-state index contributed by atoms with van der Waals surface area (Å²) < 4.78 is 0. The molecule has 0 saturated carbocycles. The van der Waals surface area contributed by atoms with Crippen LogP contribution in [0.1, 0.15) is 38.3 Å². The molecule has 0 aliphatic carbocycles. The third-order valence-electron chi connectivity index (χ3n) is 2.71. The fourth-order valence-corrected chi connectivity index (χ4v) is 1.58. The largest absolute Gasteiger partial charge is 0.330 e. The number of nitrogens with one attached hydrogen (secondary N) is 1. The van der Waals surface area contributed by atoms with Crippen molar-refractivity contribution in [1.29, 1.82) is 0 Å². The Balaban J connectivity index is 2.46. The molecule has 0 aromatic heterocycles. The van der Waals surface area contributed by atoms with Crippen molar-refractivity contribution in [2.24, 2.45) is 5.73 Å². The molecule has 0 bridgehead atoms. The second-order valence-corrected chi connectivity index (χ2v) is 5.27. The van der Waals surface area contributed by atoms with Crippen molar-refractivity contribution >= 4 is 0 Å². The van der Waals surface area contributed by atoms with Crippen molar-refractivity contribution in [3.63, 3.8) is 0 Å². The maximum atomic E-state index is 5.44. The Morgan fingerprint density at radius 1 is 1.12 bits per heavy atom. The zero-order chi connectivity index (χ0) is 12.0. The van der Waals surface area contributed by atoms with Gasteiger partial charge in [0, 0.05) is 6.54 Å². The fourth-order valence-electron chi connectivity index (χ4n) is 1.58. The van der Waals surface area contributed by atoms with Crippen LogP contribution >= 0.6 is 0 Å². The van der Waals surface area contributed by atoms with Gasteiger partial charge in [-0.2, -0.15) is 0 Å². The smallest absolute Gasteiger partial charge is 0.0205 e. The summed E-state index contributed by atoms with van der Waals surface area (Å²) in [5, 5.41) is 3.38. The van der Waals surface area contributed by atoms with E-state index in [0.717, 1.165) is 26.1 Å². The third-order valence-corrected chi connectivity index (χ3v) is 2.71. The highest BCUT2D eigenvalue weighted by Gasteiger charge is 2.12. The highest BCUT2D eigenvalue weighted by molar-refractivity contribution is 5.27. The van der Waals surface area contributed by atoms with E-state index in [4.69, 9.17) is 5.73 Å². The van der Waals surface area contributed by atoms with Gasteiger partial charge in [0.2, 0.25) is 0 Å². The van der Waals surface area contributed by atoms with Gasteiger partial charge in [-0.3, -0.25) is 0 Å². The van der Waals surface area contributed by atoms with Crippen molar-refractivity contribution in [3.8, 4) is 0 Å².